The Morgan fingerprint density at radius 1 is 1.35 bits per heavy atom. The summed E-state index contributed by atoms with van der Waals surface area (Å²) in [4.78, 5) is 0. The SMILES string of the molecule is Cc1cc(F)cc(C(NN)C2CCOCC2)c1. The summed E-state index contributed by atoms with van der Waals surface area (Å²) in [6.45, 7) is 3.42. The highest BCUT2D eigenvalue weighted by Crippen LogP contribution is 2.30. The fourth-order valence-electron chi connectivity index (χ4n) is 2.50. The maximum Gasteiger partial charge on any atom is 0.123 e. The van der Waals surface area contributed by atoms with Crippen molar-refractivity contribution >= 4 is 0 Å². The van der Waals surface area contributed by atoms with Crippen molar-refractivity contribution in [3.8, 4) is 0 Å². The summed E-state index contributed by atoms with van der Waals surface area (Å²) >= 11 is 0. The minimum absolute atomic E-state index is 0.00769. The topological polar surface area (TPSA) is 47.3 Å². The van der Waals surface area contributed by atoms with E-state index in [4.69, 9.17) is 10.6 Å². The van der Waals surface area contributed by atoms with Crippen LogP contribution in [0.5, 0.6) is 0 Å². The second-order valence-electron chi connectivity index (χ2n) is 4.66. The number of halogens is 1. The zero-order chi connectivity index (χ0) is 12.3. The van der Waals surface area contributed by atoms with E-state index in [2.05, 4.69) is 5.43 Å². The Morgan fingerprint density at radius 2 is 2.06 bits per heavy atom. The van der Waals surface area contributed by atoms with Gasteiger partial charge in [-0.3, -0.25) is 11.3 Å². The van der Waals surface area contributed by atoms with Crippen molar-refractivity contribution in [3.63, 3.8) is 0 Å². The van der Waals surface area contributed by atoms with Crippen LogP contribution in [-0.4, -0.2) is 13.2 Å². The number of hydrogen-bond acceptors (Lipinski definition) is 3. The van der Waals surface area contributed by atoms with Crippen molar-refractivity contribution in [3.05, 3.63) is 35.1 Å². The predicted octanol–water partition coefficient (Wildman–Crippen LogP) is 2.07. The molecule has 1 aromatic rings. The van der Waals surface area contributed by atoms with Gasteiger partial charge < -0.3 is 4.74 Å². The van der Waals surface area contributed by atoms with Crippen LogP contribution in [0, 0.1) is 18.7 Å². The smallest absolute Gasteiger partial charge is 0.123 e. The van der Waals surface area contributed by atoms with Gasteiger partial charge in [0.2, 0.25) is 0 Å². The molecule has 1 aliphatic heterocycles. The molecule has 94 valence electrons. The third kappa shape index (κ3) is 3.03. The Kier molecular flexibility index (Phi) is 4.10. The highest BCUT2D eigenvalue weighted by Gasteiger charge is 2.24. The number of nitrogens with one attached hydrogen (secondary N) is 1. The van der Waals surface area contributed by atoms with Crippen LogP contribution in [0.1, 0.15) is 30.0 Å². The lowest BCUT2D eigenvalue weighted by molar-refractivity contribution is 0.0536. The van der Waals surface area contributed by atoms with Crippen molar-refractivity contribution < 1.29 is 9.13 Å². The average Bonchev–Trinajstić information content (AvgIpc) is 2.30. The zero-order valence-electron chi connectivity index (χ0n) is 10.1. The van der Waals surface area contributed by atoms with Gasteiger partial charge in [0, 0.05) is 19.3 Å². The Labute approximate surface area is 101 Å². The third-order valence-corrected chi connectivity index (χ3v) is 3.34. The van der Waals surface area contributed by atoms with E-state index in [0.717, 1.165) is 37.2 Å². The van der Waals surface area contributed by atoms with Crippen LogP contribution in [0.2, 0.25) is 0 Å². The predicted molar refractivity (Wildman–Crippen MR) is 64.7 cm³/mol. The molecule has 17 heavy (non-hydrogen) atoms. The van der Waals surface area contributed by atoms with Gasteiger partial charge in [-0.1, -0.05) is 6.07 Å². The molecule has 1 unspecified atom stereocenters. The monoisotopic (exact) mass is 238 g/mol. The minimum Gasteiger partial charge on any atom is -0.381 e. The van der Waals surface area contributed by atoms with Gasteiger partial charge >= 0.3 is 0 Å². The number of rotatable bonds is 3. The molecular formula is C13H19FN2O. The summed E-state index contributed by atoms with van der Waals surface area (Å²) in [6, 6.07) is 5.09. The summed E-state index contributed by atoms with van der Waals surface area (Å²) < 4.78 is 18.7. The molecule has 1 aliphatic rings. The molecule has 0 spiro atoms. The van der Waals surface area contributed by atoms with E-state index < -0.39 is 0 Å². The Hall–Kier alpha value is -0.970. The second-order valence-corrected chi connectivity index (χ2v) is 4.66. The lowest BCUT2D eigenvalue weighted by Gasteiger charge is -2.30. The van der Waals surface area contributed by atoms with E-state index in [9.17, 15) is 4.39 Å². The number of aryl methyl sites for hydroxylation is 1. The Balaban J connectivity index is 2.21. The van der Waals surface area contributed by atoms with Crippen molar-refractivity contribution in [1.29, 1.82) is 0 Å². The maximum atomic E-state index is 13.4. The van der Waals surface area contributed by atoms with Gasteiger partial charge in [-0.05, 0) is 48.9 Å². The van der Waals surface area contributed by atoms with E-state index in [0.29, 0.717) is 5.92 Å². The summed E-state index contributed by atoms with van der Waals surface area (Å²) in [6.07, 6.45) is 1.93. The highest BCUT2D eigenvalue weighted by atomic mass is 19.1. The quantitative estimate of drug-likeness (QED) is 0.626. The second kappa shape index (κ2) is 5.58. The van der Waals surface area contributed by atoms with Crippen molar-refractivity contribution in [2.45, 2.75) is 25.8 Å². The van der Waals surface area contributed by atoms with E-state index in [1.165, 1.54) is 6.07 Å². The zero-order valence-corrected chi connectivity index (χ0v) is 10.1. The van der Waals surface area contributed by atoms with Crippen molar-refractivity contribution in [2.75, 3.05) is 13.2 Å². The third-order valence-electron chi connectivity index (χ3n) is 3.34. The number of hydrazine groups is 1. The molecule has 1 heterocycles. The first-order valence-electron chi connectivity index (χ1n) is 6.01. The number of hydrogen-bond donors (Lipinski definition) is 2. The average molecular weight is 238 g/mol. The van der Waals surface area contributed by atoms with E-state index >= 15 is 0 Å². The standard InChI is InChI=1S/C13H19FN2O/c1-9-6-11(8-12(14)7-9)13(16-15)10-2-4-17-5-3-10/h6-8,10,13,16H,2-5,15H2,1H3. The highest BCUT2D eigenvalue weighted by molar-refractivity contribution is 5.26. The molecule has 0 aromatic heterocycles. The van der Waals surface area contributed by atoms with Crippen LogP contribution in [0.3, 0.4) is 0 Å². The van der Waals surface area contributed by atoms with E-state index in [1.807, 2.05) is 13.0 Å². The van der Waals surface area contributed by atoms with Crippen LogP contribution in [0.25, 0.3) is 0 Å². The fourth-order valence-corrected chi connectivity index (χ4v) is 2.50. The van der Waals surface area contributed by atoms with Crippen LogP contribution in [0.4, 0.5) is 4.39 Å². The molecule has 1 aromatic carbocycles. The first-order chi connectivity index (χ1) is 8.20. The van der Waals surface area contributed by atoms with Crippen molar-refractivity contribution in [1.82, 2.24) is 5.43 Å². The minimum atomic E-state index is -0.202. The molecule has 0 aliphatic carbocycles. The molecule has 1 fully saturated rings. The Bertz CT molecular complexity index is 357. The van der Waals surface area contributed by atoms with Crippen LogP contribution >= 0.6 is 0 Å². The Morgan fingerprint density at radius 3 is 2.65 bits per heavy atom. The summed E-state index contributed by atoms with van der Waals surface area (Å²) in [5, 5.41) is 0. The first-order valence-corrected chi connectivity index (χ1v) is 6.01. The van der Waals surface area contributed by atoms with E-state index in [1.54, 1.807) is 6.07 Å². The molecule has 0 amide bonds. The summed E-state index contributed by atoms with van der Waals surface area (Å²) in [5.41, 5.74) is 4.67. The normalized spacial score (nSPS) is 19.2. The van der Waals surface area contributed by atoms with Gasteiger partial charge in [0.25, 0.3) is 0 Å². The van der Waals surface area contributed by atoms with Gasteiger partial charge in [0.1, 0.15) is 5.82 Å². The number of nitrogens with two attached hydrogens (primary N) is 1. The van der Waals surface area contributed by atoms with E-state index in [-0.39, 0.29) is 11.9 Å². The van der Waals surface area contributed by atoms with Gasteiger partial charge in [-0.25, -0.2) is 4.39 Å². The fraction of sp³-hybridized carbons (Fsp3) is 0.538. The van der Waals surface area contributed by atoms with Gasteiger partial charge in [-0.2, -0.15) is 0 Å². The lowest BCUT2D eigenvalue weighted by Crippen LogP contribution is -2.36. The lowest BCUT2D eigenvalue weighted by atomic mass is 9.87. The first kappa shape index (κ1) is 12.5. The summed E-state index contributed by atoms with van der Waals surface area (Å²) in [7, 11) is 0. The molecule has 0 saturated carbocycles. The molecule has 0 bridgehead atoms. The number of ether oxygens (including phenoxy) is 1. The van der Waals surface area contributed by atoms with Gasteiger partial charge in [0.05, 0.1) is 0 Å². The van der Waals surface area contributed by atoms with Crippen LogP contribution in [0.15, 0.2) is 18.2 Å². The van der Waals surface area contributed by atoms with Gasteiger partial charge in [0.15, 0.2) is 0 Å². The van der Waals surface area contributed by atoms with Crippen LogP contribution < -0.4 is 11.3 Å². The van der Waals surface area contributed by atoms with Crippen molar-refractivity contribution in [2.24, 2.45) is 11.8 Å². The summed E-state index contributed by atoms with van der Waals surface area (Å²) in [5.74, 6) is 5.83. The molecule has 3 nitrogen and oxygen atoms in total. The molecule has 3 N–H and O–H groups in total. The molecule has 4 heteroatoms. The van der Waals surface area contributed by atoms with Crippen LogP contribution in [-0.2, 0) is 4.74 Å². The molecular weight excluding hydrogens is 219 g/mol. The molecule has 1 saturated heterocycles. The maximum absolute atomic E-state index is 13.4. The molecule has 0 radical (unpaired) electrons. The number of benzene rings is 1. The molecule has 1 atom stereocenters. The molecule has 2 rings (SSSR count). The van der Waals surface area contributed by atoms with Gasteiger partial charge in [-0.15, -0.1) is 0 Å². The largest absolute Gasteiger partial charge is 0.381 e.